The molecule has 0 bridgehead atoms. The summed E-state index contributed by atoms with van der Waals surface area (Å²) in [5, 5.41) is 8.40. The van der Waals surface area contributed by atoms with E-state index in [2.05, 4.69) is 0 Å². The van der Waals surface area contributed by atoms with Gasteiger partial charge in [-0.05, 0) is 24.1 Å². The maximum absolute atomic E-state index is 10.5. The Morgan fingerprint density at radius 2 is 1.88 bits per heavy atom. The molecular weight excluding hydrogens is 210 g/mol. The number of nitrogens with two attached hydrogens (primary N) is 1. The molecule has 0 aliphatic heterocycles. The number of carboxylic acids is 1. The molecule has 0 saturated heterocycles. The van der Waals surface area contributed by atoms with Crippen molar-refractivity contribution in [2.24, 2.45) is 5.73 Å². The number of hydrogen-bond acceptors (Lipinski definition) is 3. The molecular formula is C11H13NO4. The average molecular weight is 223 g/mol. The lowest BCUT2D eigenvalue weighted by molar-refractivity contribution is -0.139. The molecule has 1 aromatic carbocycles. The quantitative estimate of drug-likeness (QED) is 0.737. The Morgan fingerprint density at radius 3 is 2.38 bits per heavy atom. The Labute approximate surface area is 92.8 Å². The molecule has 1 amide bonds. The van der Waals surface area contributed by atoms with Crippen LogP contribution in [0.4, 0.5) is 0 Å². The number of primary amides is 1. The van der Waals surface area contributed by atoms with Crippen LogP contribution in [0.15, 0.2) is 24.3 Å². The summed E-state index contributed by atoms with van der Waals surface area (Å²) in [4.78, 5) is 20.8. The Balaban J connectivity index is 2.47. The van der Waals surface area contributed by atoms with Crippen LogP contribution in [0.25, 0.3) is 0 Å². The number of ether oxygens (including phenoxy) is 1. The molecule has 0 spiro atoms. The van der Waals surface area contributed by atoms with Crippen molar-refractivity contribution in [3.05, 3.63) is 29.8 Å². The van der Waals surface area contributed by atoms with Gasteiger partial charge in [0.05, 0.1) is 0 Å². The minimum Gasteiger partial charge on any atom is -0.482 e. The molecule has 86 valence electrons. The van der Waals surface area contributed by atoms with E-state index in [4.69, 9.17) is 15.6 Å². The van der Waals surface area contributed by atoms with Gasteiger partial charge in [-0.25, -0.2) is 4.79 Å². The van der Waals surface area contributed by atoms with E-state index in [9.17, 15) is 9.59 Å². The van der Waals surface area contributed by atoms with Gasteiger partial charge in [-0.2, -0.15) is 0 Å². The van der Waals surface area contributed by atoms with Gasteiger partial charge in [0.15, 0.2) is 6.61 Å². The van der Waals surface area contributed by atoms with E-state index in [1.165, 1.54) is 0 Å². The molecule has 0 aliphatic rings. The van der Waals surface area contributed by atoms with E-state index < -0.39 is 5.97 Å². The highest BCUT2D eigenvalue weighted by Gasteiger charge is 2.00. The monoisotopic (exact) mass is 223 g/mol. The molecule has 5 nitrogen and oxygen atoms in total. The minimum absolute atomic E-state index is 0.301. The lowest BCUT2D eigenvalue weighted by Crippen LogP contribution is -2.11. The molecule has 0 fully saturated rings. The zero-order chi connectivity index (χ0) is 12.0. The fraction of sp³-hybridized carbons (Fsp3) is 0.273. The van der Waals surface area contributed by atoms with Crippen LogP contribution in [0.5, 0.6) is 5.75 Å². The normalized spacial score (nSPS) is 9.75. The van der Waals surface area contributed by atoms with Gasteiger partial charge in [-0.15, -0.1) is 0 Å². The number of hydrogen-bond donors (Lipinski definition) is 2. The molecule has 5 heteroatoms. The van der Waals surface area contributed by atoms with Crippen LogP contribution in [0.2, 0.25) is 0 Å². The first-order valence-corrected chi connectivity index (χ1v) is 4.80. The summed E-state index contributed by atoms with van der Waals surface area (Å²) in [6, 6.07) is 6.89. The van der Waals surface area contributed by atoms with E-state index in [1.807, 2.05) is 0 Å². The van der Waals surface area contributed by atoms with Gasteiger partial charge < -0.3 is 15.6 Å². The third kappa shape index (κ3) is 4.45. The van der Waals surface area contributed by atoms with Crippen LogP contribution in [0, 0.1) is 0 Å². The number of rotatable bonds is 6. The summed E-state index contributed by atoms with van der Waals surface area (Å²) in [7, 11) is 0. The van der Waals surface area contributed by atoms with E-state index in [-0.39, 0.29) is 12.5 Å². The predicted octanol–water partition coefficient (Wildman–Crippen LogP) is 0.568. The molecule has 0 aliphatic carbocycles. The third-order valence-electron chi connectivity index (χ3n) is 1.95. The van der Waals surface area contributed by atoms with Crippen molar-refractivity contribution in [3.63, 3.8) is 0 Å². The van der Waals surface area contributed by atoms with E-state index in [1.54, 1.807) is 24.3 Å². The summed E-state index contributed by atoms with van der Waals surface area (Å²) in [6.45, 7) is -0.360. The highest BCUT2D eigenvalue weighted by molar-refractivity contribution is 5.74. The number of carboxylic acid groups (broad SMARTS) is 1. The third-order valence-corrected chi connectivity index (χ3v) is 1.95. The number of benzene rings is 1. The van der Waals surface area contributed by atoms with Gasteiger partial charge >= 0.3 is 5.97 Å². The molecule has 3 N–H and O–H groups in total. The second kappa shape index (κ2) is 5.75. The van der Waals surface area contributed by atoms with Crippen molar-refractivity contribution in [2.75, 3.05) is 6.61 Å². The molecule has 16 heavy (non-hydrogen) atoms. The van der Waals surface area contributed by atoms with Gasteiger partial charge in [-0.1, -0.05) is 12.1 Å². The van der Waals surface area contributed by atoms with Crippen LogP contribution < -0.4 is 10.5 Å². The topological polar surface area (TPSA) is 89.6 Å². The van der Waals surface area contributed by atoms with Crippen molar-refractivity contribution in [3.8, 4) is 5.75 Å². The number of aliphatic carboxylic acids is 1. The first-order valence-electron chi connectivity index (χ1n) is 4.80. The maximum Gasteiger partial charge on any atom is 0.341 e. The smallest absolute Gasteiger partial charge is 0.341 e. The van der Waals surface area contributed by atoms with E-state index in [0.29, 0.717) is 18.6 Å². The van der Waals surface area contributed by atoms with Crippen LogP contribution >= 0.6 is 0 Å². The van der Waals surface area contributed by atoms with Crippen molar-refractivity contribution in [1.82, 2.24) is 0 Å². The highest BCUT2D eigenvalue weighted by Crippen LogP contribution is 2.13. The SMILES string of the molecule is NC(=O)CCc1ccc(OCC(=O)O)cc1. The molecule has 0 saturated carbocycles. The largest absolute Gasteiger partial charge is 0.482 e. The maximum atomic E-state index is 10.5. The molecule has 1 rings (SSSR count). The second-order valence-electron chi connectivity index (χ2n) is 3.29. The lowest BCUT2D eigenvalue weighted by Gasteiger charge is -2.04. The van der Waals surface area contributed by atoms with Gasteiger partial charge in [-0.3, -0.25) is 4.79 Å². The van der Waals surface area contributed by atoms with Crippen LogP contribution in [0.3, 0.4) is 0 Å². The Morgan fingerprint density at radius 1 is 1.25 bits per heavy atom. The first kappa shape index (κ1) is 12.0. The van der Waals surface area contributed by atoms with Crippen molar-refractivity contribution >= 4 is 11.9 Å². The average Bonchev–Trinajstić information content (AvgIpc) is 2.25. The van der Waals surface area contributed by atoms with Crippen molar-refractivity contribution in [2.45, 2.75) is 12.8 Å². The zero-order valence-electron chi connectivity index (χ0n) is 8.68. The Hall–Kier alpha value is -2.04. The highest BCUT2D eigenvalue weighted by atomic mass is 16.5. The standard InChI is InChI=1S/C11H13NO4/c12-10(13)6-3-8-1-4-9(5-2-8)16-7-11(14)15/h1-2,4-5H,3,6-7H2,(H2,12,13)(H,14,15). The zero-order valence-corrected chi connectivity index (χ0v) is 8.68. The van der Waals surface area contributed by atoms with Gasteiger partial charge in [0.2, 0.25) is 5.91 Å². The molecule has 0 heterocycles. The lowest BCUT2D eigenvalue weighted by atomic mass is 10.1. The number of aryl methyl sites for hydroxylation is 1. The van der Waals surface area contributed by atoms with Crippen LogP contribution in [0.1, 0.15) is 12.0 Å². The fourth-order valence-electron chi connectivity index (χ4n) is 1.16. The van der Waals surface area contributed by atoms with Crippen molar-refractivity contribution < 1.29 is 19.4 Å². The van der Waals surface area contributed by atoms with Gasteiger partial charge in [0.25, 0.3) is 0 Å². The fourth-order valence-corrected chi connectivity index (χ4v) is 1.16. The summed E-state index contributed by atoms with van der Waals surface area (Å²) < 4.78 is 4.96. The van der Waals surface area contributed by atoms with E-state index in [0.717, 1.165) is 5.56 Å². The predicted molar refractivity (Wildman–Crippen MR) is 57.1 cm³/mol. The Kier molecular flexibility index (Phi) is 4.32. The molecule has 0 aromatic heterocycles. The second-order valence-corrected chi connectivity index (χ2v) is 3.29. The van der Waals surface area contributed by atoms with Crippen LogP contribution in [-0.2, 0) is 16.0 Å². The number of carbonyl (C=O) groups is 2. The molecule has 0 atom stereocenters. The minimum atomic E-state index is -1.02. The van der Waals surface area contributed by atoms with Crippen molar-refractivity contribution in [1.29, 1.82) is 0 Å². The summed E-state index contributed by atoms with van der Waals surface area (Å²) >= 11 is 0. The molecule has 0 unspecified atom stereocenters. The molecule has 1 aromatic rings. The van der Waals surface area contributed by atoms with E-state index >= 15 is 0 Å². The first-order chi connectivity index (χ1) is 7.58. The van der Waals surface area contributed by atoms with Crippen LogP contribution in [-0.4, -0.2) is 23.6 Å². The number of carbonyl (C=O) groups excluding carboxylic acids is 1. The van der Waals surface area contributed by atoms with Gasteiger partial charge in [0.1, 0.15) is 5.75 Å². The van der Waals surface area contributed by atoms with Gasteiger partial charge in [0, 0.05) is 6.42 Å². The number of amides is 1. The summed E-state index contributed by atoms with van der Waals surface area (Å²) in [5.74, 6) is -0.866. The Bertz CT molecular complexity index is 335. The summed E-state index contributed by atoms with van der Waals surface area (Å²) in [6.07, 6.45) is 0.879. The molecule has 0 radical (unpaired) electrons. The summed E-state index contributed by atoms with van der Waals surface area (Å²) in [5.41, 5.74) is 5.98.